The summed E-state index contributed by atoms with van der Waals surface area (Å²) in [6.45, 7) is 13.1. The number of nitrogens with zero attached hydrogens (tertiary/aromatic N) is 3. The predicted octanol–water partition coefficient (Wildman–Crippen LogP) is 7.78. The Morgan fingerprint density at radius 2 is 1.17 bits per heavy atom. The zero-order valence-electron chi connectivity index (χ0n) is 25.2. The summed E-state index contributed by atoms with van der Waals surface area (Å²) in [6, 6.07) is 29.0. The summed E-state index contributed by atoms with van der Waals surface area (Å²) in [5.41, 5.74) is 5.95. The lowest BCUT2D eigenvalue weighted by molar-refractivity contribution is 0.00578. The maximum atomic E-state index is 6.85. The van der Waals surface area contributed by atoms with E-state index in [1.165, 1.54) is 22.3 Å². The van der Waals surface area contributed by atoms with Crippen molar-refractivity contribution in [2.75, 3.05) is 0 Å². The van der Waals surface area contributed by atoms with Gasteiger partial charge in [-0.05, 0) is 50.8 Å². The van der Waals surface area contributed by atoms with E-state index in [2.05, 4.69) is 78.0 Å². The number of allylic oxidation sites excluding steroid dienone is 4. The van der Waals surface area contributed by atoms with Crippen LogP contribution >= 0.6 is 0 Å². The second kappa shape index (κ2) is 9.32. The summed E-state index contributed by atoms with van der Waals surface area (Å²) in [4.78, 5) is 15.4. The van der Waals surface area contributed by atoms with Crippen molar-refractivity contribution < 1.29 is 9.31 Å². The van der Waals surface area contributed by atoms with Crippen LogP contribution < -0.4 is 0 Å². The number of hydrogen-bond acceptors (Lipinski definition) is 5. The van der Waals surface area contributed by atoms with Crippen LogP contribution in [0, 0.1) is 0 Å². The first-order valence-electron chi connectivity index (χ1n) is 14.8. The molecule has 0 amide bonds. The van der Waals surface area contributed by atoms with Gasteiger partial charge in [0.25, 0.3) is 0 Å². The molecule has 2 aliphatic carbocycles. The minimum Gasteiger partial charge on any atom is -0.402 e. The Bertz CT molecular complexity index is 1670. The number of benzene rings is 3. The highest BCUT2D eigenvalue weighted by Crippen LogP contribution is 2.56. The van der Waals surface area contributed by atoms with Gasteiger partial charge in [0, 0.05) is 16.5 Å². The fourth-order valence-corrected chi connectivity index (χ4v) is 6.51. The molecular weight excluding hydrogens is 517 g/mol. The molecule has 210 valence electrons. The number of rotatable bonds is 4. The van der Waals surface area contributed by atoms with Gasteiger partial charge in [0.1, 0.15) is 5.82 Å². The Labute approximate surface area is 248 Å². The van der Waals surface area contributed by atoms with Crippen molar-refractivity contribution in [3.8, 4) is 22.8 Å². The van der Waals surface area contributed by atoms with Crippen LogP contribution in [0.15, 0.2) is 103 Å². The second-order valence-corrected chi connectivity index (χ2v) is 13.2. The van der Waals surface area contributed by atoms with Crippen LogP contribution in [0.25, 0.3) is 28.3 Å². The smallest absolute Gasteiger partial charge is 0.402 e. The van der Waals surface area contributed by atoms with Gasteiger partial charge in [-0.15, -0.1) is 0 Å². The highest BCUT2D eigenvalue weighted by molar-refractivity contribution is 6.50. The molecule has 1 saturated heterocycles. The summed E-state index contributed by atoms with van der Waals surface area (Å²) in [6.07, 6.45) is 5.17. The Hall–Kier alpha value is -3.87. The molecule has 1 fully saturated rings. The third kappa shape index (κ3) is 4.04. The molecule has 0 saturated carbocycles. The quantitative estimate of drug-likeness (QED) is 0.242. The fraction of sp³-hybridized carbons (Fsp3) is 0.306. The van der Waals surface area contributed by atoms with Crippen molar-refractivity contribution in [1.29, 1.82) is 0 Å². The van der Waals surface area contributed by atoms with Crippen molar-refractivity contribution in [2.45, 2.75) is 69.9 Å². The molecule has 7 rings (SSSR count). The molecule has 0 N–H and O–H groups in total. The van der Waals surface area contributed by atoms with Crippen LogP contribution in [0.4, 0.5) is 0 Å². The van der Waals surface area contributed by atoms with Gasteiger partial charge < -0.3 is 9.31 Å². The molecule has 1 unspecified atom stereocenters. The summed E-state index contributed by atoms with van der Waals surface area (Å²) in [5.74, 6) is 1.93. The predicted molar refractivity (Wildman–Crippen MR) is 169 cm³/mol. The van der Waals surface area contributed by atoms with Gasteiger partial charge in [-0.1, -0.05) is 117 Å². The lowest BCUT2D eigenvalue weighted by atomic mass is 9.51. The molecule has 5 nitrogen and oxygen atoms in total. The maximum Gasteiger partial charge on any atom is 0.476 e. The van der Waals surface area contributed by atoms with E-state index in [1.54, 1.807) is 0 Å². The van der Waals surface area contributed by atoms with Gasteiger partial charge in [0.15, 0.2) is 11.6 Å². The fourth-order valence-electron chi connectivity index (χ4n) is 6.51. The van der Waals surface area contributed by atoms with Crippen LogP contribution in [0.3, 0.4) is 0 Å². The highest BCUT2D eigenvalue weighted by Gasteiger charge is 2.62. The minimum atomic E-state index is -0.779. The van der Waals surface area contributed by atoms with Crippen molar-refractivity contribution in [2.24, 2.45) is 0 Å². The minimum absolute atomic E-state index is 0.164. The Kier molecular flexibility index (Phi) is 5.99. The standard InChI is InChI=1S/C36H36BN3O2/c1-33(2)28-20-14-13-19-26(28)27-21-22-36(23-29(27)33,37-41-34(3,4)35(5,6)42-37)32-39-30(24-15-9-7-10-16-24)38-31(40-32)25-17-11-8-12-18-25/h7-22H,23H2,1-6H3. The molecule has 42 heavy (non-hydrogen) atoms. The first kappa shape index (κ1) is 27.0. The molecule has 1 aromatic heterocycles. The largest absolute Gasteiger partial charge is 0.476 e. The molecule has 3 aromatic carbocycles. The molecule has 0 spiro atoms. The molecule has 1 aliphatic heterocycles. The van der Waals surface area contributed by atoms with Gasteiger partial charge >= 0.3 is 7.12 Å². The number of hydrogen-bond donors (Lipinski definition) is 0. The normalized spacial score (nSPS) is 23.1. The van der Waals surface area contributed by atoms with Crippen LogP contribution in [-0.4, -0.2) is 33.3 Å². The molecule has 3 aliphatic rings. The monoisotopic (exact) mass is 553 g/mol. The van der Waals surface area contributed by atoms with Crippen LogP contribution in [0.5, 0.6) is 0 Å². The van der Waals surface area contributed by atoms with Crippen molar-refractivity contribution in [3.63, 3.8) is 0 Å². The van der Waals surface area contributed by atoms with E-state index in [9.17, 15) is 0 Å². The van der Waals surface area contributed by atoms with Gasteiger partial charge in [-0.3, -0.25) is 0 Å². The maximum absolute atomic E-state index is 6.85. The molecule has 0 bridgehead atoms. The topological polar surface area (TPSA) is 57.1 Å². The van der Waals surface area contributed by atoms with E-state index in [1.807, 2.05) is 60.7 Å². The van der Waals surface area contributed by atoms with Crippen LogP contribution in [0.1, 0.15) is 64.9 Å². The molecular formula is C36H36BN3O2. The zero-order chi connectivity index (χ0) is 29.3. The van der Waals surface area contributed by atoms with E-state index in [0.717, 1.165) is 11.1 Å². The number of aromatic nitrogens is 3. The van der Waals surface area contributed by atoms with E-state index in [-0.39, 0.29) is 5.41 Å². The summed E-state index contributed by atoms with van der Waals surface area (Å²) < 4.78 is 13.7. The van der Waals surface area contributed by atoms with Gasteiger partial charge in [-0.2, -0.15) is 0 Å². The average Bonchev–Trinajstić information content (AvgIpc) is 3.37. The summed E-state index contributed by atoms with van der Waals surface area (Å²) >= 11 is 0. The summed E-state index contributed by atoms with van der Waals surface area (Å²) in [5, 5.41) is -0.779. The number of fused-ring (bicyclic) bond motifs is 2. The molecule has 2 heterocycles. The Morgan fingerprint density at radius 1 is 0.643 bits per heavy atom. The van der Waals surface area contributed by atoms with Crippen molar-refractivity contribution in [3.05, 3.63) is 120 Å². The van der Waals surface area contributed by atoms with E-state index >= 15 is 0 Å². The van der Waals surface area contributed by atoms with E-state index in [0.29, 0.717) is 23.9 Å². The Balaban J connectivity index is 1.46. The zero-order valence-corrected chi connectivity index (χ0v) is 25.2. The average molecular weight is 554 g/mol. The second-order valence-electron chi connectivity index (χ2n) is 13.2. The molecule has 6 heteroatoms. The summed E-state index contributed by atoms with van der Waals surface area (Å²) in [7, 11) is -0.595. The Morgan fingerprint density at radius 3 is 1.74 bits per heavy atom. The van der Waals surface area contributed by atoms with Crippen molar-refractivity contribution in [1.82, 2.24) is 15.0 Å². The molecule has 0 radical (unpaired) electrons. The first-order chi connectivity index (χ1) is 20.0. The van der Waals surface area contributed by atoms with Gasteiger partial charge in [0.2, 0.25) is 0 Å². The van der Waals surface area contributed by atoms with E-state index in [4.69, 9.17) is 24.3 Å². The van der Waals surface area contributed by atoms with Gasteiger partial charge in [-0.25, -0.2) is 15.0 Å². The first-order valence-corrected chi connectivity index (χ1v) is 14.8. The molecule has 4 aromatic rings. The lowest BCUT2D eigenvalue weighted by Crippen LogP contribution is -2.48. The van der Waals surface area contributed by atoms with Crippen LogP contribution in [-0.2, 0) is 20.0 Å². The lowest BCUT2D eigenvalue weighted by Gasteiger charge is -2.38. The van der Waals surface area contributed by atoms with Gasteiger partial charge in [0.05, 0.1) is 16.5 Å². The third-order valence-corrected chi connectivity index (χ3v) is 9.78. The van der Waals surface area contributed by atoms with Crippen molar-refractivity contribution >= 4 is 12.7 Å². The van der Waals surface area contributed by atoms with Crippen LogP contribution in [0.2, 0.25) is 0 Å². The molecule has 1 atom stereocenters. The van der Waals surface area contributed by atoms with E-state index < -0.39 is 23.6 Å². The SMILES string of the molecule is CC1(C)C2=C(C=CC(B3OC(C)(C)C(C)(C)O3)(c3nc(-c4ccccc4)nc(-c4ccccc4)n3)C2)c2ccccc21. The highest BCUT2D eigenvalue weighted by atomic mass is 16.7. The third-order valence-electron chi connectivity index (χ3n) is 9.78.